The monoisotopic (exact) mass is 1430 g/mol. The van der Waals surface area contributed by atoms with Gasteiger partial charge < -0.3 is 95.8 Å². The van der Waals surface area contributed by atoms with Crippen molar-refractivity contribution in [1.29, 1.82) is 0 Å². The van der Waals surface area contributed by atoms with Gasteiger partial charge in [-0.15, -0.1) is 0 Å². The molecule has 9 N–H and O–H groups in total. The molecule has 0 aliphatic carbocycles. The summed E-state index contributed by atoms with van der Waals surface area (Å²) >= 11 is 0. The molecule has 0 bridgehead atoms. The van der Waals surface area contributed by atoms with Crippen LogP contribution < -0.4 is 30.4 Å². The van der Waals surface area contributed by atoms with Crippen molar-refractivity contribution < 1.29 is 103 Å². The topological polar surface area (TPSA) is 341 Å². The number of hydrogen-bond acceptors (Lipinski definition) is 23. The van der Waals surface area contributed by atoms with Crippen LogP contribution in [-0.2, 0) is 71.5 Å². The summed E-state index contributed by atoms with van der Waals surface area (Å²) in [7, 11) is -0.302. The predicted octanol–water partition coefficient (Wildman–Crippen LogP) is 9.60. The molecule has 0 amide bonds. The van der Waals surface area contributed by atoms with Gasteiger partial charge in [-0.2, -0.15) is 0 Å². The van der Waals surface area contributed by atoms with Crippen LogP contribution in [0, 0.1) is 0 Å². The Hall–Kier alpha value is -7.27. The van der Waals surface area contributed by atoms with Gasteiger partial charge in [-0.1, -0.05) is 117 Å². The summed E-state index contributed by atoms with van der Waals surface area (Å²) in [6, 6.07) is 51.2. The summed E-state index contributed by atoms with van der Waals surface area (Å²) in [6.07, 6.45) is 1.40. The Kier molecular flexibility index (Phi) is 42.3. The number of Topliss-reactive ketones (excluding diaryl/α,β-unsaturated/α-hetero) is 1. The van der Waals surface area contributed by atoms with E-state index in [1.165, 1.54) is 14.2 Å². The van der Waals surface area contributed by atoms with Gasteiger partial charge in [0, 0.05) is 65.0 Å². The minimum Gasteiger partial charge on any atom is -0.497 e. The second kappa shape index (κ2) is 47.7. The molecule has 27 heteroatoms. The SMILES string of the molecule is C.CCO[Si](CCN)(OCC)OCC.CO[Si](O)(O)CCCN.COc1ccc(C(OCCOC(=O)CCC(=O)CCCC[Si](O)(O)OC)(c2ccccc2)c2ccc(OC)cc2)cc1.COc1ccc(C(OCCOC(=O)CCC(=O)O)(c2ccccc2)c2ccc(OC)cc2)cc1. The average Bonchev–Trinajstić information content (AvgIpc) is 0.763. The molecule has 0 saturated heterocycles. The summed E-state index contributed by atoms with van der Waals surface area (Å²) in [4.78, 5) is 84.0. The number of ketones is 1. The Morgan fingerprint density at radius 1 is 0.394 bits per heavy atom. The van der Waals surface area contributed by atoms with E-state index in [-0.39, 0.29) is 77.8 Å². The molecule has 0 aliphatic rings. The van der Waals surface area contributed by atoms with Crippen molar-refractivity contribution in [2.75, 3.05) is 102 Å². The number of nitrogens with two attached hydrogens (primary N) is 2. The van der Waals surface area contributed by atoms with Gasteiger partial charge in [0.25, 0.3) is 0 Å². The van der Waals surface area contributed by atoms with E-state index >= 15 is 0 Å². The molecule has 6 rings (SSSR count). The van der Waals surface area contributed by atoms with Crippen LogP contribution >= 0.6 is 0 Å². The maximum Gasteiger partial charge on any atom is 0.502 e. The van der Waals surface area contributed by atoms with Crippen LogP contribution in [-0.4, -0.2) is 176 Å². The van der Waals surface area contributed by atoms with Crippen molar-refractivity contribution >= 4 is 50.1 Å². The minimum atomic E-state index is -3.60. The summed E-state index contributed by atoms with van der Waals surface area (Å²) in [5, 5.41) is 8.74. The minimum absolute atomic E-state index is 0. The van der Waals surface area contributed by atoms with Crippen molar-refractivity contribution in [2.45, 2.75) is 109 Å². The molecule has 0 spiro atoms. The molecule has 0 aromatic heterocycles. The molecule has 0 saturated carbocycles. The fourth-order valence-electron chi connectivity index (χ4n) is 9.96. The molecule has 6 aromatic rings. The van der Waals surface area contributed by atoms with Gasteiger partial charge in [-0.25, -0.2) is 0 Å². The van der Waals surface area contributed by atoms with Crippen molar-refractivity contribution in [3.05, 3.63) is 191 Å². The molecule has 0 heterocycles. The summed E-state index contributed by atoms with van der Waals surface area (Å²) in [5.41, 5.74) is 13.8. The number of methoxy groups -OCH3 is 4. The lowest BCUT2D eigenvalue weighted by atomic mass is 9.80. The van der Waals surface area contributed by atoms with E-state index in [2.05, 4.69) is 8.85 Å². The number of carbonyl (C=O) groups excluding carboxylic acids is 3. The molecule has 6 aromatic carbocycles. The summed E-state index contributed by atoms with van der Waals surface area (Å²) in [5.74, 6) is 0.672. The molecular formula is C72H106N2O22Si3. The number of ether oxygens (including phenoxy) is 8. The van der Waals surface area contributed by atoms with E-state index in [1.807, 2.05) is 178 Å². The van der Waals surface area contributed by atoms with Crippen LogP contribution in [0.3, 0.4) is 0 Å². The van der Waals surface area contributed by atoms with Gasteiger partial charge in [0.1, 0.15) is 53.2 Å². The molecule has 24 nitrogen and oxygen atoms in total. The highest BCUT2D eigenvalue weighted by molar-refractivity contribution is 6.60. The maximum atomic E-state index is 12.4. The largest absolute Gasteiger partial charge is 0.502 e. The lowest BCUT2D eigenvalue weighted by molar-refractivity contribution is -0.149. The number of carboxylic acid groups (broad SMARTS) is 1. The Labute approximate surface area is 587 Å². The molecule has 0 fully saturated rings. The number of aliphatic carboxylic acids is 1. The zero-order valence-electron chi connectivity index (χ0n) is 58.0. The smallest absolute Gasteiger partial charge is 0.497 e. The number of carbonyl (C=O) groups is 4. The number of hydrogen-bond donors (Lipinski definition) is 7. The van der Waals surface area contributed by atoms with Gasteiger partial charge in [-0.05, 0) is 135 Å². The Morgan fingerprint density at radius 2 is 0.717 bits per heavy atom. The first kappa shape index (κ1) is 87.8. The number of rotatable bonds is 42. The number of unbranched alkanes of at least 4 members (excludes halogenated alkanes) is 1. The third kappa shape index (κ3) is 30.2. The Bertz CT molecular complexity index is 3030. The van der Waals surface area contributed by atoms with E-state index in [0.717, 1.165) is 33.4 Å². The molecular weight excluding hydrogens is 1330 g/mol. The zero-order valence-corrected chi connectivity index (χ0v) is 61.0. The maximum absolute atomic E-state index is 12.4. The van der Waals surface area contributed by atoms with Crippen molar-refractivity contribution in [3.63, 3.8) is 0 Å². The molecule has 0 aliphatic heterocycles. The fraction of sp³-hybridized carbons (Fsp3) is 0.444. The normalized spacial score (nSPS) is 11.4. The first-order valence-corrected chi connectivity index (χ1v) is 38.4. The lowest BCUT2D eigenvalue weighted by Crippen LogP contribution is -2.47. The van der Waals surface area contributed by atoms with E-state index in [4.69, 9.17) is 77.3 Å². The van der Waals surface area contributed by atoms with Crippen molar-refractivity contribution in [2.24, 2.45) is 11.5 Å². The van der Waals surface area contributed by atoms with E-state index in [0.29, 0.717) is 87.3 Å². The van der Waals surface area contributed by atoms with Gasteiger partial charge in [0.2, 0.25) is 0 Å². The van der Waals surface area contributed by atoms with Crippen molar-refractivity contribution in [1.82, 2.24) is 0 Å². The first-order valence-electron chi connectivity index (χ1n) is 32.4. The predicted molar refractivity (Wildman–Crippen MR) is 382 cm³/mol. The van der Waals surface area contributed by atoms with Crippen LogP contribution in [0.1, 0.15) is 113 Å². The molecule has 0 unspecified atom stereocenters. The van der Waals surface area contributed by atoms with Crippen LogP contribution in [0.5, 0.6) is 23.0 Å². The first-order chi connectivity index (χ1) is 47.1. The van der Waals surface area contributed by atoms with Crippen LogP contribution in [0.2, 0.25) is 18.1 Å². The van der Waals surface area contributed by atoms with E-state index in [1.54, 1.807) is 28.4 Å². The Balaban J connectivity index is 0.000000518. The molecule has 0 atom stereocenters. The Morgan fingerprint density at radius 3 is 1.01 bits per heavy atom. The highest BCUT2D eigenvalue weighted by Crippen LogP contribution is 2.43. The number of benzene rings is 6. The zero-order chi connectivity index (χ0) is 72.3. The highest BCUT2D eigenvalue weighted by Gasteiger charge is 2.41. The van der Waals surface area contributed by atoms with Crippen LogP contribution in [0.4, 0.5) is 0 Å². The van der Waals surface area contributed by atoms with Crippen LogP contribution in [0.15, 0.2) is 158 Å². The third-order valence-electron chi connectivity index (χ3n) is 14.9. The fourth-order valence-corrected chi connectivity index (χ4v) is 14.1. The molecule has 99 heavy (non-hydrogen) atoms. The van der Waals surface area contributed by atoms with Gasteiger partial charge in [0.05, 0.1) is 60.9 Å². The summed E-state index contributed by atoms with van der Waals surface area (Å²) in [6.45, 7) is 8.87. The van der Waals surface area contributed by atoms with Gasteiger partial charge in [0.15, 0.2) is 0 Å². The molecule has 0 radical (unpaired) electrons. The number of esters is 2. The van der Waals surface area contributed by atoms with Crippen LogP contribution in [0.25, 0.3) is 0 Å². The van der Waals surface area contributed by atoms with Crippen molar-refractivity contribution in [3.8, 4) is 23.0 Å². The molecule has 548 valence electrons. The third-order valence-corrected chi connectivity index (χ3v) is 21.3. The van der Waals surface area contributed by atoms with E-state index in [9.17, 15) is 28.8 Å². The number of carboxylic acids is 1. The van der Waals surface area contributed by atoms with Gasteiger partial charge in [-0.3, -0.25) is 19.2 Å². The summed E-state index contributed by atoms with van der Waals surface area (Å²) < 4.78 is 71.0. The standard InChI is InChI=1S/C32H40O9Si.C27H28O7.C8H21NO3Si.C4H13NO3Si.CH4/c1-37-29-17-12-26(13-18-29)32(25-9-5-4-6-10-25,27-14-19-30(38-2)20-15-27)41-23-22-40-31(34)21-16-28(33)11-7-8-24-42(35,36)39-3;1-31-23-12-8-21(9-13-23)27(20-6-4-3-5-7-20,22-10-14-24(32-2)15-11-22)34-19-18-33-26(30)17-16-25(28)29;1-4-10-13(8-7-9,11-5-2)12-6-3;1-8-9(6,7)4-2-3-5;/h4-6,9-10,12-15,17-20,35-36H,7-8,11,16,21-24H2,1-3H3;3-15H,16-19H2,1-2H3,(H,28,29);4-9H2,1-3H3;6-7H,2-5H2,1H3;1H4. The quantitative estimate of drug-likeness (QED) is 0.00811. The second-order valence-corrected chi connectivity index (χ2v) is 29.1. The lowest BCUT2D eigenvalue weighted by Gasteiger charge is -2.36. The van der Waals surface area contributed by atoms with Gasteiger partial charge >= 0.3 is 44.3 Å². The average molecular weight is 1440 g/mol. The highest BCUT2D eigenvalue weighted by atomic mass is 28.4. The second-order valence-electron chi connectivity index (χ2n) is 21.6. The van der Waals surface area contributed by atoms with E-state index < -0.39 is 55.5 Å².